The van der Waals surface area contributed by atoms with Gasteiger partial charge in [-0.3, -0.25) is 19.2 Å². The lowest BCUT2D eigenvalue weighted by molar-refractivity contribution is -0.149. The number of carbonyl (C=O) groups is 8. The van der Waals surface area contributed by atoms with Gasteiger partial charge in [0.25, 0.3) is 0 Å². The molecule has 0 spiro atoms. The SMILES string of the molecule is CCCCOCCOC(=O)CCC(=O)OC.CCCCOCCOC(=O)c1ccccc1C(=O)OC.COCCOC(=O)CCC(=O)OC.COCCOC(=O)c1ccccc1C(=O)OC. The first-order valence-corrected chi connectivity index (χ1v) is 21.1. The van der Waals surface area contributed by atoms with Crippen LogP contribution in [0.4, 0.5) is 0 Å². The minimum atomic E-state index is -0.567. The Balaban J connectivity index is 0. The van der Waals surface area contributed by atoms with Crippen LogP contribution in [0.25, 0.3) is 0 Å². The molecule has 2 aromatic rings. The summed E-state index contributed by atoms with van der Waals surface area (Å²) >= 11 is 0. The maximum Gasteiger partial charge on any atom is 0.339 e. The van der Waals surface area contributed by atoms with E-state index in [1.807, 2.05) is 0 Å². The van der Waals surface area contributed by atoms with Crippen molar-refractivity contribution < 1.29 is 95.2 Å². The molecule has 0 unspecified atom stereocenters. The minimum absolute atomic E-state index is 0.0520. The molecule has 0 saturated heterocycles. The summed E-state index contributed by atoms with van der Waals surface area (Å²) in [4.78, 5) is 89.7. The molecule has 2 aromatic carbocycles. The highest BCUT2D eigenvalue weighted by Gasteiger charge is 2.19. The van der Waals surface area contributed by atoms with Gasteiger partial charge in [-0.15, -0.1) is 0 Å². The van der Waals surface area contributed by atoms with E-state index < -0.39 is 47.8 Å². The monoisotopic (exact) mass is 940 g/mol. The summed E-state index contributed by atoms with van der Waals surface area (Å²) in [7, 11) is 8.12. The standard InChI is InChI=1S/C15H20O5.C12H14O5.C11H20O5.C8H14O5/c1-3-4-9-19-10-11-20-15(17)13-8-6-5-7-12(13)14(16)18-2;1-15-7-8-17-12(14)10-6-4-3-5-9(10)11(13)16-2;1-3-4-7-15-8-9-16-11(13)6-5-10(12)14-2;1-11-5-6-13-8(10)4-3-7(9)12-2/h5-8H,3-4,9-11H2,1-2H3;3-6H,7-8H2,1-2H3;3-9H2,1-2H3;3-6H2,1-2H3. The molecule has 0 N–H and O–H groups in total. The number of rotatable bonds is 28. The van der Waals surface area contributed by atoms with E-state index in [0.717, 1.165) is 25.7 Å². The Labute approximate surface area is 387 Å². The van der Waals surface area contributed by atoms with Gasteiger partial charge in [0.15, 0.2) is 0 Å². The highest BCUT2D eigenvalue weighted by Crippen LogP contribution is 2.13. The fourth-order valence-corrected chi connectivity index (χ4v) is 4.37. The molecule has 20 nitrogen and oxygen atoms in total. The topological polar surface area (TPSA) is 247 Å². The lowest BCUT2D eigenvalue weighted by Crippen LogP contribution is -2.15. The molecule has 2 rings (SSSR count). The zero-order valence-electron chi connectivity index (χ0n) is 39.5. The molecule has 0 saturated carbocycles. The molecular formula is C46H68O20. The molecule has 0 amide bonds. The van der Waals surface area contributed by atoms with Gasteiger partial charge in [-0.25, -0.2) is 19.2 Å². The zero-order chi connectivity index (χ0) is 49.8. The van der Waals surface area contributed by atoms with Crippen molar-refractivity contribution in [3.63, 3.8) is 0 Å². The van der Waals surface area contributed by atoms with Crippen molar-refractivity contribution in [1.29, 1.82) is 0 Å². The summed E-state index contributed by atoms with van der Waals surface area (Å²) in [6, 6.07) is 12.7. The molecule has 0 heterocycles. The Morgan fingerprint density at radius 1 is 0.348 bits per heavy atom. The van der Waals surface area contributed by atoms with Gasteiger partial charge in [-0.2, -0.15) is 0 Å². The molecule has 0 aliphatic carbocycles. The molecule has 0 aliphatic heterocycles. The molecule has 20 heteroatoms. The predicted molar refractivity (Wildman–Crippen MR) is 236 cm³/mol. The van der Waals surface area contributed by atoms with Crippen molar-refractivity contribution >= 4 is 47.8 Å². The summed E-state index contributed by atoms with van der Waals surface area (Å²) < 4.78 is 57.4. The average Bonchev–Trinajstić information content (AvgIpc) is 3.34. The second-order valence-electron chi connectivity index (χ2n) is 12.9. The number of hydrogen-bond acceptors (Lipinski definition) is 20. The Kier molecular flexibility index (Phi) is 40.4. The molecule has 0 atom stereocenters. The van der Waals surface area contributed by atoms with Crippen molar-refractivity contribution in [2.45, 2.75) is 65.2 Å². The van der Waals surface area contributed by atoms with Crippen LogP contribution in [0.3, 0.4) is 0 Å². The van der Waals surface area contributed by atoms with Crippen LogP contribution in [-0.2, 0) is 76.0 Å². The number of esters is 8. The molecule has 0 bridgehead atoms. The number of hydrogen-bond donors (Lipinski definition) is 0. The van der Waals surface area contributed by atoms with Crippen LogP contribution in [0, 0.1) is 0 Å². The first-order valence-electron chi connectivity index (χ1n) is 21.1. The second kappa shape index (κ2) is 43.0. The minimum Gasteiger partial charge on any atom is -0.469 e. The Hall–Kier alpha value is -5.96. The maximum atomic E-state index is 11.9. The third-order valence-electron chi connectivity index (χ3n) is 7.93. The Bertz CT molecular complexity index is 1680. The van der Waals surface area contributed by atoms with Crippen LogP contribution in [0.2, 0.25) is 0 Å². The molecule has 0 fully saturated rings. The fourth-order valence-electron chi connectivity index (χ4n) is 4.37. The predicted octanol–water partition coefficient (Wildman–Crippen LogP) is 5.15. The van der Waals surface area contributed by atoms with Crippen molar-refractivity contribution in [1.82, 2.24) is 0 Å². The highest BCUT2D eigenvalue weighted by molar-refractivity contribution is 6.03. The van der Waals surface area contributed by atoms with E-state index in [9.17, 15) is 38.4 Å². The summed E-state index contributed by atoms with van der Waals surface area (Å²) in [6.45, 7) is 7.71. The van der Waals surface area contributed by atoms with E-state index in [-0.39, 0.29) is 74.4 Å². The van der Waals surface area contributed by atoms with Crippen molar-refractivity contribution in [2.75, 3.05) is 109 Å². The van der Waals surface area contributed by atoms with Crippen LogP contribution in [0.1, 0.15) is 107 Å². The normalized spacial score (nSPS) is 9.82. The quantitative estimate of drug-likeness (QED) is 0.0608. The van der Waals surface area contributed by atoms with E-state index in [2.05, 4.69) is 37.5 Å². The highest BCUT2D eigenvalue weighted by atomic mass is 16.6. The van der Waals surface area contributed by atoms with E-state index in [1.54, 1.807) is 24.3 Å². The van der Waals surface area contributed by atoms with Crippen LogP contribution >= 0.6 is 0 Å². The third kappa shape index (κ3) is 32.7. The molecule has 0 aromatic heterocycles. The molecular weight excluding hydrogens is 872 g/mol. The number of benzene rings is 2. The zero-order valence-corrected chi connectivity index (χ0v) is 39.5. The molecule has 0 aliphatic rings. The Morgan fingerprint density at radius 3 is 0.970 bits per heavy atom. The fraction of sp³-hybridized carbons (Fsp3) is 0.565. The van der Waals surface area contributed by atoms with Gasteiger partial charge >= 0.3 is 47.8 Å². The molecule has 372 valence electrons. The largest absolute Gasteiger partial charge is 0.469 e. The summed E-state index contributed by atoms with van der Waals surface area (Å²) in [5, 5.41) is 0. The lowest BCUT2D eigenvalue weighted by atomic mass is 10.1. The second-order valence-corrected chi connectivity index (χ2v) is 12.9. The molecule has 0 radical (unpaired) electrons. The van der Waals surface area contributed by atoms with E-state index in [1.165, 1.54) is 66.9 Å². The number of carbonyl (C=O) groups excluding carboxylic acids is 8. The average molecular weight is 941 g/mol. The molecule has 66 heavy (non-hydrogen) atoms. The first-order chi connectivity index (χ1) is 31.8. The van der Waals surface area contributed by atoms with Gasteiger partial charge in [-0.1, -0.05) is 51.0 Å². The van der Waals surface area contributed by atoms with Gasteiger partial charge in [0.1, 0.15) is 26.4 Å². The van der Waals surface area contributed by atoms with Crippen LogP contribution in [0.5, 0.6) is 0 Å². The smallest absolute Gasteiger partial charge is 0.339 e. The van der Waals surface area contributed by atoms with Crippen LogP contribution in [0.15, 0.2) is 48.5 Å². The number of methoxy groups -OCH3 is 6. The summed E-state index contributed by atoms with van der Waals surface area (Å²) in [6.07, 6.45) is 4.37. The van der Waals surface area contributed by atoms with Crippen molar-refractivity contribution in [3.05, 3.63) is 70.8 Å². The number of unbranched alkanes of at least 4 members (excludes halogenated alkanes) is 2. The van der Waals surface area contributed by atoms with Gasteiger partial charge in [0.2, 0.25) is 0 Å². The van der Waals surface area contributed by atoms with Crippen LogP contribution in [-0.4, -0.2) is 156 Å². The lowest BCUT2D eigenvalue weighted by Gasteiger charge is -2.08. The Morgan fingerprint density at radius 2 is 0.652 bits per heavy atom. The summed E-state index contributed by atoms with van der Waals surface area (Å²) in [5.74, 6) is -3.87. The van der Waals surface area contributed by atoms with Gasteiger partial charge in [-0.05, 0) is 37.1 Å². The van der Waals surface area contributed by atoms with Gasteiger partial charge in [0.05, 0.1) is 103 Å². The maximum absolute atomic E-state index is 11.9. The summed E-state index contributed by atoms with van der Waals surface area (Å²) in [5.41, 5.74) is 0.785. The third-order valence-corrected chi connectivity index (χ3v) is 7.93. The van der Waals surface area contributed by atoms with Crippen LogP contribution < -0.4 is 0 Å². The van der Waals surface area contributed by atoms with E-state index in [4.69, 9.17) is 33.2 Å². The van der Waals surface area contributed by atoms with Crippen molar-refractivity contribution in [3.8, 4) is 0 Å². The van der Waals surface area contributed by atoms with Gasteiger partial charge in [0, 0.05) is 27.4 Å². The first kappa shape index (κ1) is 62.1. The van der Waals surface area contributed by atoms with E-state index >= 15 is 0 Å². The van der Waals surface area contributed by atoms with Gasteiger partial charge < -0.3 is 56.8 Å². The van der Waals surface area contributed by atoms with E-state index in [0.29, 0.717) is 39.6 Å². The van der Waals surface area contributed by atoms with Crippen molar-refractivity contribution in [2.24, 2.45) is 0 Å². The number of ether oxygens (including phenoxy) is 12.